The predicted molar refractivity (Wildman–Crippen MR) is 62.7 cm³/mol. The molecule has 0 bridgehead atoms. The maximum atomic E-state index is 13.0. The summed E-state index contributed by atoms with van der Waals surface area (Å²) in [7, 11) is 1.44. The van der Waals surface area contributed by atoms with Crippen LogP contribution in [0.3, 0.4) is 0 Å². The number of ether oxygens (including phenoxy) is 2. The third kappa shape index (κ3) is 3.62. The largest absolute Gasteiger partial charge is 0.494 e. The fourth-order valence-electron chi connectivity index (χ4n) is 1.34. The first-order chi connectivity index (χ1) is 8.08. The van der Waals surface area contributed by atoms with Gasteiger partial charge in [-0.3, -0.25) is 0 Å². The number of esters is 1. The van der Waals surface area contributed by atoms with Gasteiger partial charge in [-0.15, -0.1) is 0 Å². The summed E-state index contributed by atoms with van der Waals surface area (Å²) in [4.78, 5) is 11.4. The van der Waals surface area contributed by atoms with Gasteiger partial charge in [0.1, 0.15) is 17.6 Å². The lowest BCUT2D eigenvalue weighted by Gasteiger charge is -2.16. The van der Waals surface area contributed by atoms with E-state index in [0.29, 0.717) is 18.0 Å². The molecule has 0 aliphatic heterocycles. The molecular weight excluding hydrogens is 225 g/mol. The standard InChI is InChI=1S/C12H16FNO3/c1-4-17-12(15)8(2)14-10-6-5-9(13)7-11(10)16-3/h5-8,14H,4H2,1-3H3. The van der Waals surface area contributed by atoms with Crippen LogP contribution in [0.2, 0.25) is 0 Å². The highest BCUT2D eigenvalue weighted by atomic mass is 19.1. The number of methoxy groups -OCH3 is 1. The van der Waals surface area contributed by atoms with E-state index in [2.05, 4.69) is 5.32 Å². The number of halogens is 1. The van der Waals surface area contributed by atoms with E-state index in [9.17, 15) is 9.18 Å². The van der Waals surface area contributed by atoms with Gasteiger partial charge >= 0.3 is 5.97 Å². The summed E-state index contributed by atoms with van der Waals surface area (Å²) in [6.45, 7) is 3.73. The van der Waals surface area contributed by atoms with Crippen LogP contribution in [0.15, 0.2) is 18.2 Å². The Morgan fingerprint density at radius 2 is 2.24 bits per heavy atom. The van der Waals surface area contributed by atoms with E-state index in [0.717, 1.165) is 0 Å². The van der Waals surface area contributed by atoms with Crippen molar-refractivity contribution in [1.29, 1.82) is 0 Å². The van der Waals surface area contributed by atoms with Gasteiger partial charge < -0.3 is 14.8 Å². The molecule has 0 radical (unpaired) electrons. The lowest BCUT2D eigenvalue weighted by Crippen LogP contribution is -2.28. The molecule has 17 heavy (non-hydrogen) atoms. The second-order valence-electron chi connectivity index (χ2n) is 3.46. The van der Waals surface area contributed by atoms with E-state index in [1.165, 1.54) is 25.3 Å². The van der Waals surface area contributed by atoms with Crippen LogP contribution in [0.5, 0.6) is 5.75 Å². The van der Waals surface area contributed by atoms with Crippen LogP contribution in [0.4, 0.5) is 10.1 Å². The van der Waals surface area contributed by atoms with Crippen molar-refractivity contribution in [2.45, 2.75) is 19.9 Å². The Labute approximate surface area is 99.7 Å². The molecule has 0 aliphatic carbocycles. The van der Waals surface area contributed by atoms with Crippen molar-refractivity contribution in [2.75, 3.05) is 19.0 Å². The highest BCUT2D eigenvalue weighted by molar-refractivity contribution is 5.79. The Morgan fingerprint density at radius 3 is 2.82 bits per heavy atom. The molecule has 4 nitrogen and oxygen atoms in total. The number of hydrogen-bond donors (Lipinski definition) is 1. The quantitative estimate of drug-likeness (QED) is 0.803. The van der Waals surface area contributed by atoms with Crippen LogP contribution in [0, 0.1) is 5.82 Å². The fourth-order valence-corrected chi connectivity index (χ4v) is 1.34. The summed E-state index contributed by atoms with van der Waals surface area (Å²) in [6.07, 6.45) is 0. The van der Waals surface area contributed by atoms with Gasteiger partial charge in [-0.25, -0.2) is 9.18 Å². The molecule has 1 N–H and O–H groups in total. The van der Waals surface area contributed by atoms with Gasteiger partial charge in [-0.1, -0.05) is 0 Å². The molecule has 5 heteroatoms. The summed E-state index contributed by atoms with van der Waals surface area (Å²) in [5.74, 6) is -0.406. The number of benzene rings is 1. The van der Waals surface area contributed by atoms with Crippen molar-refractivity contribution in [3.05, 3.63) is 24.0 Å². The van der Waals surface area contributed by atoms with Crippen LogP contribution >= 0.6 is 0 Å². The molecule has 0 aromatic heterocycles. The van der Waals surface area contributed by atoms with E-state index < -0.39 is 11.9 Å². The van der Waals surface area contributed by atoms with Gasteiger partial charge in [-0.2, -0.15) is 0 Å². The van der Waals surface area contributed by atoms with E-state index in [4.69, 9.17) is 9.47 Å². The molecule has 1 unspecified atom stereocenters. The van der Waals surface area contributed by atoms with Crippen molar-refractivity contribution in [2.24, 2.45) is 0 Å². The van der Waals surface area contributed by atoms with E-state index in [1.807, 2.05) is 0 Å². The van der Waals surface area contributed by atoms with E-state index in [1.54, 1.807) is 13.8 Å². The van der Waals surface area contributed by atoms with E-state index >= 15 is 0 Å². The number of anilines is 1. The Morgan fingerprint density at radius 1 is 1.53 bits per heavy atom. The first kappa shape index (κ1) is 13.3. The number of rotatable bonds is 5. The maximum absolute atomic E-state index is 13.0. The van der Waals surface area contributed by atoms with Crippen molar-refractivity contribution in [3.63, 3.8) is 0 Å². The zero-order valence-electron chi connectivity index (χ0n) is 10.1. The highest BCUT2D eigenvalue weighted by Crippen LogP contribution is 2.25. The predicted octanol–water partition coefficient (Wildman–Crippen LogP) is 2.20. The summed E-state index contributed by atoms with van der Waals surface area (Å²) < 4.78 is 22.8. The minimum atomic E-state index is -0.519. The molecule has 1 aromatic rings. The third-order valence-electron chi connectivity index (χ3n) is 2.18. The summed E-state index contributed by atoms with van der Waals surface area (Å²) in [6, 6.07) is 3.54. The third-order valence-corrected chi connectivity index (χ3v) is 2.18. The Balaban J connectivity index is 2.77. The van der Waals surface area contributed by atoms with Crippen LogP contribution < -0.4 is 10.1 Å². The lowest BCUT2D eigenvalue weighted by molar-refractivity contribution is -0.143. The van der Waals surface area contributed by atoms with Gasteiger partial charge in [-0.05, 0) is 26.0 Å². The minimum Gasteiger partial charge on any atom is -0.494 e. The van der Waals surface area contributed by atoms with Crippen molar-refractivity contribution >= 4 is 11.7 Å². The van der Waals surface area contributed by atoms with Gasteiger partial charge in [0.25, 0.3) is 0 Å². The van der Waals surface area contributed by atoms with Gasteiger partial charge in [0.2, 0.25) is 0 Å². The number of hydrogen-bond acceptors (Lipinski definition) is 4. The molecule has 1 aromatic carbocycles. The van der Waals surface area contributed by atoms with Crippen molar-refractivity contribution in [3.8, 4) is 5.75 Å². The van der Waals surface area contributed by atoms with Gasteiger partial charge in [0, 0.05) is 6.07 Å². The monoisotopic (exact) mass is 241 g/mol. The summed E-state index contributed by atoms with van der Waals surface area (Å²) in [5.41, 5.74) is 0.550. The number of carbonyl (C=O) groups excluding carboxylic acids is 1. The SMILES string of the molecule is CCOC(=O)C(C)Nc1ccc(F)cc1OC. The molecule has 94 valence electrons. The van der Waals surface area contributed by atoms with Crippen LogP contribution in [0.1, 0.15) is 13.8 Å². The van der Waals surface area contributed by atoms with Crippen molar-refractivity contribution in [1.82, 2.24) is 0 Å². The molecule has 0 heterocycles. The van der Waals surface area contributed by atoms with Crippen molar-refractivity contribution < 1.29 is 18.7 Å². The zero-order chi connectivity index (χ0) is 12.8. The highest BCUT2D eigenvalue weighted by Gasteiger charge is 2.15. The van der Waals surface area contributed by atoms with Gasteiger partial charge in [0.05, 0.1) is 19.4 Å². The average molecular weight is 241 g/mol. The Kier molecular flexibility index (Phi) is 4.75. The smallest absolute Gasteiger partial charge is 0.328 e. The molecule has 1 rings (SSSR count). The molecule has 0 fully saturated rings. The number of nitrogens with one attached hydrogen (secondary N) is 1. The molecule has 0 spiro atoms. The molecule has 1 atom stereocenters. The lowest BCUT2D eigenvalue weighted by atomic mass is 10.2. The second-order valence-corrected chi connectivity index (χ2v) is 3.46. The molecule has 0 saturated heterocycles. The molecule has 0 aliphatic rings. The fraction of sp³-hybridized carbons (Fsp3) is 0.417. The zero-order valence-corrected chi connectivity index (χ0v) is 10.1. The minimum absolute atomic E-state index is 0.325. The Hall–Kier alpha value is -1.78. The number of carbonyl (C=O) groups is 1. The van der Waals surface area contributed by atoms with Crippen LogP contribution in [-0.2, 0) is 9.53 Å². The maximum Gasteiger partial charge on any atom is 0.328 e. The molecular formula is C12H16FNO3. The Bertz CT molecular complexity index is 395. The van der Waals surface area contributed by atoms with Gasteiger partial charge in [0.15, 0.2) is 0 Å². The molecule has 0 saturated carbocycles. The van der Waals surface area contributed by atoms with Crippen LogP contribution in [-0.4, -0.2) is 25.7 Å². The normalized spacial score (nSPS) is 11.8. The topological polar surface area (TPSA) is 47.6 Å². The first-order valence-corrected chi connectivity index (χ1v) is 5.35. The summed E-state index contributed by atoms with van der Waals surface area (Å²) >= 11 is 0. The summed E-state index contributed by atoms with van der Waals surface area (Å²) in [5, 5.41) is 2.91. The average Bonchev–Trinajstić information content (AvgIpc) is 2.31. The first-order valence-electron chi connectivity index (χ1n) is 5.35. The molecule has 0 amide bonds. The van der Waals surface area contributed by atoms with E-state index in [-0.39, 0.29) is 5.97 Å². The van der Waals surface area contributed by atoms with Crippen LogP contribution in [0.25, 0.3) is 0 Å². The second kappa shape index (κ2) is 6.08.